The van der Waals surface area contributed by atoms with E-state index in [0.717, 1.165) is 18.2 Å². The van der Waals surface area contributed by atoms with Gasteiger partial charge in [-0.2, -0.15) is 0 Å². The van der Waals surface area contributed by atoms with E-state index in [1.165, 1.54) is 12.3 Å². The van der Waals surface area contributed by atoms with Crippen LogP contribution in [-0.2, 0) is 6.42 Å². The average molecular weight is 229 g/mol. The summed E-state index contributed by atoms with van der Waals surface area (Å²) in [7, 11) is 0. The zero-order chi connectivity index (χ0) is 12.3. The highest BCUT2D eigenvalue weighted by atomic mass is 19.1. The molecule has 0 spiro atoms. The zero-order valence-electron chi connectivity index (χ0n) is 9.48. The van der Waals surface area contributed by atoms with Crippen LogP contribution >= 0.6 is 0 Å². The zero-order valence-corrected chi connectivity index (χ0v) is 9.48. The molecule has 0 atom stereocenters. The van der Waals surface area contributed by atoms with Crippen molar-refractivity contribution in [3.05, 3.63) is 65.2 Å². The smallest absolute Gasteiger partial charge is 0.196 e. The lowest BCUT2D eigenvalue weighted by Gasteiger charge is -2.03. The molecule has 86 valence electrons. The third-order valence-electron chi connectivity index (χ3n) is 2.64. The largest absolute Gasteiger partial charge is 0.288 e. The van der Waals surface area contributed by atoms with Crippen LogP contribution in [0, 0.1) is 5.82 Å². The molecule has 0 unspecified atom stereocenters. The van der Waals surface area contributed by atoms with Gasteiger partial charge in [-0.1, -0.05) is 31.2 Å². The molecule has 0 fully saturated rings. The Kier molecular flexibility index (Phi) is 3.28. The van der Waals surface area contributed by atoms with Crippen molar-refractivity contribution in [1.82, 2.24) is 4.98 Å². The predicted molar refractivity (Wildman–Crippen MR) is 63.4 cm³/mol. The monoisotopic (exact) mass is 229 g/mol. The van der Waals surface area contributed by atoms with Gasteiger partial charge in [0, 0.05) is 11.8 Å². The summed E-state index contributed by atoms with van der Waals surface area (Å²) < 4.78 is 13.4. The Bertz CT molecular complexity index is 534. The lowest BCUT2D eigenvalue weighted by Crippen LogP contribution is -2.04. The van der Waals surface area contributed by atoms with Crippen LogP contribution in [0.25, 0.3) is 0 Å². The van der Waals surface area contributed by atoms with Crippen molar-refractivity contribution < 1.29 is 9.18 Å². The maximum absolute atomic E-state index is 13.4. The highest BCUT2D eigenvalue weighted by Crippen LogP contribution is 2.13. The SMILES string of the molecule is CCc1ccc(C(=O)c2ccncc2F)cc1. The number of nitrogens with zero attached hydrogens (tertiary/aromatic N) is 1. The van der Waals surface area contributed by atoms with Crippen LogP contribution in [-0.4, -0.2) is 10.8 Å². The van der Waals surface area contributed by atoms with Gasteiger partial charge in [0.15, 0.2) is 11.6 Å². The summed E-state index contributed by atoms with van der Waals surface area (Å²) in [6.07, 6.45) is 3.38. The molecular weight excluding hydrogens is 217 g/mol. The fourth-order valence-corrected chi connectivity index (χ4v) is 1.61. The van der Waals surface area contributed by atoms with E-state index in [4.69, 9.17) is 0 Å². The van der Waals surface area contributed by atoms with E-state index in [-0.39, 0.29) is 11.3 Å². The van der Waals surface area contributed by atoms with Crippen LogP contribution < -0.4 is 0 Å². The van der Waals surface area contributed by atoms with Gasteiger partial charge in [-0.25, -0.2) is 4.39 Å². The molecule has 2 aromatic rings. The van der Waals surface area contributed by atoms with Gasteiger partial charge in [0.1, 0.15) is 0 Å². The molecule has 2 rings (SSSR count). The Morgan fingerprint density at radius 2 is 1.94 bits per heavy atom. The molecule has 17 heavy (non-hydrogen) atoms. The summed E-state index contributed by atoms with van der Waals surface area (Å²) in [5.74, 6) is -0.898. The quantitative estimate of drug-likeness (QED) is 0.757. The second-order valence-electron chi connectivity index (χ2n) is 3.74. The Morgan fingerprint density at radius 3 is 2.53 bits per heavy atom. The third-order valence-corrected chi connectivity index (χ3v) is 2.64. The Morgan fingerprint density at radius 1 is 1.24 bits per heavy atom. The van der Waals surface area contributed by atoms with Gasteiger partial charge < -0.3 is 0 Å². The van der Waals surface area contributed by atoms with Crippen molar-refractivity contribution in [1.29, 1.82) is 0 Å². The molecule has 0 aliphatic carbocycles. The molecule has 1 heterocycles. The summed E-state index contributed by atoms with van der Waals surface area (Å²) in [5, 5.41) is 0. The Balaban J connectivity index is 2.34. The van der Waals surface area contributed by atoms with Crippen LogP contribution in [0.4, 0.5) is 4.39 Å². The van der Waals surface area contributed by atoms with E-state index in [2.05, 4.69) is 4.98 Å². The molecule has 0 bridgehead atoms. The van der Waals surface area contributed by atoms with E-state index in [0.29, 0.717) is 5.56 Å². The molecule has 0 radical (unpaired) electrons. The first kappa shape index (κ1) is 11.5. The van der Waals surface area contributed by atoms with Gasteiger partial charge in [0.2, 0.25) is 0 Å². The molecule has 3 heteroatoms. The number of pyridine rings is 1. The number of hydrogen-bond acceptors (Lipinski definition) is 2. The lowest BCUT2D eigenvalue weighted by molar-refractivity contribution is 0.103. The number of benzene rings is 1. The van der Waals surface area contributed by atoms with Gasteiger partial charge in [-0.05, 0) is 18.1 Å². The highest BCUT2D eigenvalue weighted by molar-refractivity contribution is 6.09. The molecule has 0 saturated heterocycles. The summed E-state index contributed by atoms with van der Waals surface area (Å²) in [6, 6.07) is 8.60. The van der Waals surface area contributed by atoms with Crippen molar-refractivity contribution in [2.24, 2.45) is 0 Å². The molecule has 1 aromatic carbocycles. The lowest BCUT2D eigenvalue weighted by atomic mass is 10.0. The fraction of sp³-hybridized carbons (Fsp3) is 0.143. The van der Waals surface area contributed by atoms with Gasteiger partial charge >= 0.3 is 0 Å². The summed E-state index contributed by atoms with van der Waals surface area (Å²) >= 11 is 0. The Hall–Kier alpha value is -2.03. The minimum Gasteiger partial charge on any atom is -0.288 e. The molecule has 0 amide bonds. The molecule has 1 aromatic heterocycles. The van der Waals surface area contributed by atoms with Crippen molar-refractivity contribution in [2.45, 2.75) is 13.3 Å². The number of aryl methyl sites for hydroxylation is 1. The van der Waals surface area contributed by atoms with Crippen molar-refractivity contribution in [3.8, 4) is 0 Å². The second-order valence-corrected chi connectivity index (χ2v) is 3.74. The van der Waals surface area contributed by atoms with Crippen LogP contribution in [0.3, 0.4) is 0 Å². The van der Waals surface area contributed by atoms with Gasteiger partial charge in [-0.15, -0.1) is 0 Å². The number of rotatable bonds is 3. The third kappa shape index (κ3) is 2.38. The molecule has 0 N–H and O–H groups in total. The van der Waals surface area contributed by atoms with Crippen molar-refractivity contribution in [2.75, 3.05) is 0 Å². The first-order valence-electron chi connectivity index (χ1n) is 5.45. The molecular formula is C14H12FNO. The van der Waals surface area contributed by atoms with E-state index < -0.39 is 5.82 Å². The first-order chi connectivity index (χ1) is 8.22. The van der Waals surface area contributed by atoms with Crippen LogP contribution in [0.5, 0.6) is 0 Å². The Labute approximate surface area is 99.1 Å². The normalized spacial score (nSPS) is 10.2. The number of hydrogen-bond donors (Lipinski definition) is 0. The standard InChI is InChI=1S/C14H12FNO/c1-2-10-3-5-11(6-4-10)14(17)12-7-8-16-9-13(12)15/h3-9H,2H2,1H3. The number of carbonyl (C=O) groups is 1. The summed E-state index contributed by atoms with van der Waals surface area (Å²) in [4.78, 5) is 15.6. The second kappa shape index (κ2) is 4.87. The molecule has 2 nitrogen and oxygen atoms in total. The topological polar surface area (TPSA) is 30.0 Å². The highest BCUT2D eigenvalue weighted by Gasteiger charge is 2.13. The molecule has 0 aliphatic rings. The van der Waals surface area contributed by atoms with E-state index in [9.17, 15) is 9.18 Å². The van der Waals surface area contributed by atoms with Gasteiger partial charge in [0.05, 0.1) is 11.8 Å². The number of halogens is 1. The van der Waals surface area contributed by atoms with Crippen LogP contribution in [0.15, 0.2) is 42.7 Å². The molecule has 0 saturated carbocycles. The van der Waals surface area contributed by atoms with Gasteiger partial charge in [-0.3, -0.25) is 9.78 Å². The number of aromatic nitrogens is 1. The summed E-state index contributed by atoms with van der Waals surface area (Å²) in [5.41, 5.74) is 1.70. The average Bonchev–Trinajstić information content (AvgIpc) is 2.39. The minimum absolute atomic E-state index is 0.0595. The summed E-state index contributed by atoms with van der Waals surface area (Å²) in [6.45, 7) is 2.04. The number of ketones is 1. The minimum atomic E-state index is -0.586. The van der Waals surface area contributed by atoms with E-state index in [1.807, 2.05) is 19.1 Å². The predicted octanol–water partition coefficient (Wildman–Crippen LogP) is 3.01. The first-order valence-corrected chi connectivity index (χ1v) is 5.45. The van der Waals surface area contributed by atoms with E-state index in [1.54, 1.807) is 12.1 Å². The maximum Gasteiger partial charge on any atom is 0.196 e. The molecule has 0 aliphatic heterocycles. The van der Waals surface area contributed by atoms with Gasteiger partial charge in [0.25, 0.3) is 0 Å². The van der Waals surface area contributed by atoms with Crippen molar-refractivity contribution in [3.63, 3.8) is 0 Å². The fourth-order valence-electron chi connectivity index (χ4n) is 1.61. The van der Waals surface area contributed by atoms with Crippen LogP contribution in [0.1, 0.15) is 28.4 Å². The number of carbonyl (C=O) groups excluding carboxylic acids is 1. The maximum atomic E-state index is 13.4. The van der Waals surface area contributed by atoms with Crippen molar-refractivity contribution >= 4 is 5.78 Å². The van der Waals surface area contributed by atoms with Crippen LogP contribution in [0.2, 0.25) is 0 Å². The van der Waals surface area contributed by atoms with E-state index >= 15 is 0 Å².